The van der Waals surface area contributed by atoms with Crippen molar-refractivity contribution in [1.29, 1.82) is 0 Å². The molecule has 4 N–H and O–H groups in total. The normalized spacial score (nSPS) is 19.8. The van der Waals surface area contributed by atoms with Gasteiger partial charge in [-0.3, -0.25) is 10.6 Å². The number of nitrogens with one attached hydrogen (secondary N) is 4. The minimum atomic E-state index is -0.0846. The quantitative estimate of drug-likeness (QED) is 0.154. The van der Waals surface area contributed by atoms with E-state index in [-0.39, 0.29) is 24.4 Å². The minimum absolute atomic E-state index is 0.0429. The zero-order valence-corrected chi connectivity index (χ0v) is 27.5. The second-order valence-electron chi connectivity index (χ2n) is 13.5. The van der Waals surface area contributed by atoms with Crippen molar-refractivity contribution < 1.29 is 0 Å². The summed E-state index contributed by atoms with van der Waals surface area (Å²) < 4.78 is 0. The van der Waals surface area contributed by atoms with Crippen LogP contribution in [0, 0.1) is 0 Å². The van der Waals surface area contributed by atoms with Crippen molar-refractivity contribution in [3.8, 4) is 0 Å². The summed E-state index contributed by atoms with van der Waals surface area (Å²) in [5, 5.41) is 23.2. The molecule has 8 aromatic rings. The van der Waals surface area contributed by atoms with Gasteiger partial charge in [-0.05, 0) is 90.0 Å². The van der Waals surface area contributed by atoms with Gasteiger partial charge < -0.3 is 10.6 Å². The van der Waals surface area contributed by atoms with Gasteiger partial charge in [0.2, 0.25) is 0 Å². The van der Waals surface area contributed by atoms with Gasteiger partial charge in [0.25, 0.3) is 0 Å². The third-order valence-electron chi connectivity index (χ3n) is 10.6. The van der Waals surface area contributed by atoms with Crippen LogP contribution >= 0.6 is 0 Å². The largest absolute Gasteiger partial charge is 0.366 e. The summed E-state index contributed by atoms with van der Waals surface area (Å²) in [6, 6.07) is 61.8. The Kier molecular flexibility index (Phi) is 6.90. The van der Waals surface area contributed by atoms with Crippen LogP contribution in [-0.4, -0.2) is 0 Å². The van der Waals surface area contributed by atoms with E-state index in [1.165, 1.54) is 65.7 Å². The number of benzene rings is 8. The molecule has 50 heavy (non-hydrogen) atoms. The molecule has 2 aliphatic rings. The van der Waals surface area contributed by atoms with Crippen LogP contribution in [0.4, 0.5) is 11.4 Å². The Balaban J connectivity index is 1.04. The van der Waals surface area contributed by atoms with Crippen LogP contribution in [0.2, 0.25) is 0 Å². The van der Waals surface area contributed by atoms with Gasteiger partial charge in [-0.15, -0.1) is 0 Å². The Hall–Kier alpha value is -5.94. The highest BCUT2D eigenvalue weighted by atomic mass is 15.2. The SMILES string of the molecule is c1ccc2c(c1)NC(c1ccc(C3Nc4ccccc4C(c4ccc5ccccc5c4)N3)c3ccccc13)NC2c1ccc2ccccc2c1. The molecule has 0 radical (unpaired) electrons. The Labute approximate surface area is 291 Å². The van der Waals surface area contributed by atoms with Crippen molar-refractivity contribution in [3.05, 3.63) is 203 Å². The third-order valence-corrected chi connectivity index (χ3v) is 10.6. The molecule has 8 aromatic carbocycles. The van der Waals surface area contributed by atoms with Crippen LogP contribution in [0.3, 0.4) is 0 Å². The fourth-order valence-corrected chi connectivity index (χ4v) is 8.18. The van der Waals surface area contributed by atoms with Gasteiger partial charge in [-0.1, -0.05) is 146 Å². The first-order valence-electron chi connectivity index (χ1n) is 17.5. The van der Waals surface area contributed by atoms with Crippen molar-refractivity contribution in [1.82, 2.24) is 10.6 Å². The van der Waals surface area contributed by atoms with Gasteiger partial charge in [0.1, 0.15) is 12.3 Å². The van der Waals surface area contributed by atoms with E-state index < -0.39 is 0 Å². The molecule has 2 aliphatic heterocycles. The third kappa shape index (κ3) is 4.92. The number of hydrogen-bond donors (Lipinski definition) is 4. The average molecular weight is 645 g/mol. The molecule has 0 saturated carbocycles. The van der Waals surface area contributed by atoms with Gasteiger partial charge in [0.05, 0.1) is 12.1 Å². The summed E-state index contributed by atoms with van der Waals surface area (Å²) in [4.78, 5) is 0. The topological polar surface area (TPSA) is 48.1 Å². The molecular formula is C46H36N4. The molecule has 4 atom stereocenters. The summed E-state index contributed by atoms with van der Waals surface area (Å²) in [5.74, 6) is 0. The van der Waals surface area contributed by atoms with E-state index in [4.69, 9.17) is 0 Å². The molecule has 4 heteroatoms. The highest BCUT2D eigenvalue weighted by molar-refractivity contribution is 5.91. The Bertz CT molecular complexity index is 2380. The van der Waals surface area contributed by atoms with E-state index in [0.717, 1.165) is 11.4 Å². The van der Waals surface area contributed by atoms with Crippen LogP contribution < -0.4 is 21.3 Å². The summed E-state index contributed by atoms with van der Waals surface area (Å²) in [6.07, 6.45) is -0.169. The molecule has 0 aromatic heterocycles. The first kappa shape index (κ1) is 29.0. The number of rotatable bonds is 4. The fraction of sp³-hybridized carbons (Fsp3) is 0.0870. The minimum Gasteiger partial charge on any atom is -0.366 e. The first-order chi connectivity index (χ1) is 24.8. The molecule has 4 nitrogen and oxygen atoms in total. The first-order valence-corrected chi connectivity index (χ1v) is 17.5. The molecule has 0 bridgehead atoms. The predicted octanol–water partition coefficient (Wildman–Crippen LogP) is 10.8. The number of para-hydroxylation sites is 2. The molecule has 4 unspecified atom stereocenters. The van der Waals surface area contributed by atoms with Gasteiger partial charge >= 0.3 is 0 Å². The molecule has 0 spiro atoms. The lowest BCUT2D eigenvalue weighted by atomic mass is 9.89. The highest BCUT2D eigenvalue weighted by Crippen LogP contribution is 2.42. The Morgan fingerprint density at radius 1 is 0.320 bits per heavy atom. The standard InChI is InChI=1S/C46H36N4/c1-3-13-31-27-33(23-21-29(31)11-1)43-39-17-7-9-19-41(39)47-45(49-43)37-25-26-38(36-16-6-5-15-35(36)37)46-48-42-20-10-8-18-40(42)44(50-46)34-24-22-30-12-2-4-14-32(30)28-34/h1-28,43-50H. The van der Waals surface area contributed by atoms with Crippen LogP contribution in [0.25, 0.3) is 32.3 Å². The van der Waals surface area contributed by atoms with Crippen molar-refractivity contribution in [2.75, 3.05) is 10.6 Å². The fourth-order valence-electron chi connectivity index (χ4n) is 8.18. The van der Waals surface area contributed by atoms with Crippen LogP contribution in [-0.2, 0) is 0 Å². The van der Waals surface area contributed by atoms with Gasteiger partial charge in [-0.2, -0.15) is 0 Å². The average Bonchev–Trinajstić information content (AvgIpc) is 3.19. The maximum Gasteiger partial charge on any atom is 0.105 e. The monoisotopic (exact) mass is 644 g/mol. The van der Waals surface area contributed by atoms with Crippen molar-refractivity contribution in [3.63, 3.8) is 0 Å². The molecule has 0 aliphatic carbocycles. The molecule has 10 rings (SSSR count). The van der Waals surface area contributed by atoms with E-state index in [2.05, 4.69) is 191 Å². The summed E-state index contributed by atoms with van der Waals surface area (Å²) in [5.41, 5.74) is 9.82. The van der Waals surface area contributed by atoms with E-state index in [1.807, 2.05) is 0 Å². The molecule has 0 amide bonds. The molecular weight excluding hydrogens is 609 g/mol. The van der Waals surface area contributed by atoms with Gasteiger partial charge in [-0.25, -0.2) is 0 Å². The predicted molar refractivity (Wildman–Crippen MR) is 207 cm³/mol. The van der Waals surface area contributed by atoms with E-state index >= 15 is 0 Å². The van der Waals surface area contributed by atoms with Crippen molar-refractivity contribution >= 4 is 43.7 Å². The summed E-state index contributed by atoms with van der Waals surface area (Å²) in [6.45, 7) is 0. The smallest absolute Gasteiger partial charge is 0.105 e. The van der Waals surface area contributed by atoms with E-state index in [9.17, 15) is 0 Å². The number of hydrogen-bond acceptors (Lipinski definition) is 4. The highest BCUT2D eigenvalue weighted by Gasteiger charge is 2.32. The molecule has 0 fully saturated rings. The Morgan fingerprint density at radius 2 is 0.720 bits per heavy atom. The maximum absolute atomic E-state index is 4.01. The zero-order chi connectivity index (χ0) is 33.0. The second-order valence-corrected chi connectivity index (χ2v) is 13.5. The van der Waals surface area contributed by atoms with Crippen LogP contribution in [0.5, 0.6) is 0 Å². The van der Waals surface area contributed by atoms with Crippen LogP contribution in [0.15, 0.2) is 170 Å². The lowest BCUT2D eigenvalue weighted by molar-refractivity contribution is 0.504. The molecule has 240 valence electrons. The van der Waals surface area contributed by atoms with Crippen LogP contribution in [0.1, 0.15) is 57.8 Å². The molecule has 0 saturated heterocycles. The lowest BCUT2D eigenvalue weighted by Crippen LogP contribution is -2.38. The zero-order valence-electron chi connectivity index (χ0n) is 27.5. The van der Waals surface area contributed by atoms with E-state index in [1.54, 1.807) is 0 Å². The van der Waals surface area contributed by atoms with E-state index in [0.29, 0.717) is 0 Å². The maximum atomic E-state index is 4.01. The number of anilines is 2. The van der Waals surface area contributed by atoms with Crippen molar-refractivity contribution in [2.45, 2.75) is 24.4 Å². The van der Waals surface area contributed by atoms with Crippen molar-refractivity contribution in [2.24, 2.45) is 0 Å². The van der Waals surface area contributed by atoms with Gasteiger partial charge in [0, 0.05) is 11.4 Å². The summed E-state index contributed by atoms with van der Waals surface area (Å²) in [7, 11) is 0. The summed E-state index contributed by atoms with van der Waals surface area (Å²) >= 11 is 0. The van der Waals surface area contributed by atoms with Gasteiger partial charge in [0.15, 0.2) is 0 Å². The Morgan fingerprint density at radius 3 is 1.20 bits per heavy atom. The lowest BCUT2D eigenvalue weighted by Gasteiger charge is -2.37. The number of fused-ring (bicyclic) bond motifs is 5. The molecule has 2 heterocycles. The second kappa shape index (κ2) is 11.9.